The normalized spacial score (nSPS) is 23.4. The number of ether oxygens (including phenoxy) is 1. The van der Waals surface area contributed by atoms with Crippen molar-refractivity contribution in [1.82, 2.24) is 14.8 Å². The van der Waals surface area contributed by atoms with E-state index in [1.165, 1.54) is 19.3 Å². The van der Waals surface area contributed by atoms with Crippen molar-refractivity contribution in [3.05, 3.63) is 11.1 Å². The molecule has 2 saturated heterocycles. The van der Waals surface area contributed by atoms with Gasteiger partial charge in [0.25, 0.3) is 0 Å². The average molecular weight is 379 g/mol. The van der Waals surface area contributed by atoms with E-state index in [4.69, 9.17) is 9.72 Å². The molecule has 1 aliphatic carbocycles. The summed E-state index contributed by atoms with van der Waals surface area (Å²) in [5.41, 5.74) is 1.16. The number of nitrogens with zero attached hydrogens (tertiary/aromatic N) is 4. The standard InChI is InChI=1S/C19H30N4O2S/c24-18(16-4-2-1-3-5-16)22-6-8-23(9-7-22)19-20-17(15-26-19)14-21-10-12-25-13-11-21/h15-16H,1-14H2. The Morgan fingerprint density at radius 2 is 1.81 bits per heavy atom. The number of carbonyl (C=O) groups is 1. The Bertz CT molecular complexity index is 588. The lowest BCUT2D eigenvalue weighted by atomic mass is 9.88. The highest BCUT2D eigenvalue weighted by atomic mass is 32.1. The van der Waals surface area contributed by atoms with Gasteiger partial charge in [0.2, 0.25) is 5.91 Å². The van der Waals surface area contributed by atoms with Crippen molar-refractivity contribution in [3.8, 4) is 0 Å². The first-order valence-corrected chi connectivity index (χ1v) is 11.0. The number of carbonyl (C=O) groups excluding carboxylic acids is 1. The zero-order chi connectivity index (χ0) is 17.8. The lowest BCUT2D eigenvalue weighted by Crippen LogP contribution is -2.50. The molecular weight excluding hydrogens is 348 g/mol. The second kappa shape index (κ2) is 8.67. The van der Waals surface area contributed by atoms with E-state index in [-0.39, 0.29) is 5.92 Å². The van der Waals surface area contributed by atoms with Crippen molar-refractivity contribution < 1.29 is 9.53 Å². The van der Waals surface area contributed by atoms with Crippen LogP contribution in [0.3, 0.4) is 0 Å². The molecule has 0 radical (unpaired) electrons. The van der Waals surface area contributed by atoms with Gasteiger partial charge in [-0.3, -0.25) is 9.69 Å². The number of thiazole rings is 1. The van der Waals surface area contributed by atoms with Crippen LogP contribution in [-0.2, 0) is 16.1 Å². The second-order valence-electron chi connectivity index (χ2n) is 7.66. The minimum Gasteiger partial charge on any atom is -0.379 e. The van der Waals surface area contributed by atoms with Crippen LogP contribution in [0.2, 0.25) is 0 Å². The van der Waals surface area contributed by atoms with Crippen LogP contribution < -0.4 is 4.90 Å². The van der Waals surface area contributed by atoms with E-state index in [1.54, 1.807) is 11.3 Å². The maximum atomic E-state index is 12.7. The maximum absolute atomic E-state index is 12.7. The number of rotatable bonds is 4. The van der Waals surface area contributed by atoms with Gasteiger partial charge in [0.05, 0.1) is 18.9 Å². The van der Waals surface area contributed by atoms with Crippen LogP contribution in [0.15, 0.2) is 5.38 Å². The summed E-state index contributed by atoms with van der Waals surface area (Å²) in [6.45, 7) is 8.05. The monoisotopic (exact) mass is 378 g/mol. The van der Waals surface area contributed by atoms with Gasteiger partial charge in [0.1, 0.15) is 0 Å². The molecule has 0 atom stereocenters. The minimum absolute atomic E-state index is 0.287. The molecule has 7 heteroatoms. The molecule has 0 N–H and O–H groups in total. The van der Waals surface area contributed by atoms with Gasteiger partial charge in [0.15, 0.2) is 5.13 Å². The van der Waals surface area contributed by atoms with E-state index in [2.05, 4.69) is 20.1 Å². The summed E-state index contributed by atoms with van der Waals surface area (Å²) in [5.74, 6) is 0.687. The number of amides is 1. The van der Waals surface area contributed by atoms with Crippen LogP contribution >= 0.6 is 11.3 Å². The average Bonchev–Trinajstić information content (AvgIpc) is 3.17. The third kappa shape index (κ3) is 4.38. The molecule has 0 bridgehead atoms. The lowest BCUT2D eigenvalue weighted by molar-refractivity contribution is -0.136. The van der Waals surface area contributed by atoms with E-state index in [1.807, 2.05) is 0 Å². The summed E-state index contributed by atoms with van der Waals surface area (Å²) in [5, 5.41) is 3.29. The van der Waals surface area contributed by atoms with Crippen LogP contribution in [-0.4, -0.2) is 73.2 Å². The molecule has 3 heterocycles. The Hall–Kier alpha value is -1.18. The van der Waals surface area contributed by atoms with Crippen LogP contribution in [0.4, 0.5) is 5.13 Å². The summed E-state index contributed by atoms with van der Waals surface area (Å²) in [7, 11) is 0. The Morgan fingerprint density at radius 1 is 1.08 bits per heavy atom. The van der Waals surface area contributed by atoms with Crippen molar-refractivity contribution >= 4 is 22.4 Å². The van der Waals surface area contributed by atoms with Gasteiger partial charge in [-0.25, -0.2) is 4.98 Å². The molecule has 2 aliphatic heterocycles. The van der Waals surface area contributed by atoms with Gasteiger partial charge < -0.3 is 14.5 Å². The molecule has 4 rings (SSSR count). The lowest BCUT2D eigenvalue weighted by Gasteiger charge is -2.37. The number of aromatic nitrogens is 1. The van der Waals surface area contributed by atoms with Crippen molar-refractivity contribution in [1.29, 1.82) is 0 Å². The third-order valence-electron chi connectivity index (χ3n) is 5.85. The summed E-state index contributed by atoms with van der Waals surface area (Å²) in [6.07, 6.45) is 5.93. The Kier molecular flexibility index (Phi) is 6.07. The van der Waals surface area contributed by atoms with E-state index < -0.39 is 0 Å². The largest absolute Gasteiger partial charge is 0.379 e. The molecule has 3 fully saturated rings. The Balaban J connectivity index is 1.27. The highest BCUT2D eigenvalue weighted by Gasteiger charge is 2.29. The van der Waals surface area contributed by atoms with Crippen LogP contribution in [0.1, 0.15) is 37.8 Å². The molecular formula is C19H30N4O2S. The second-order valence-corrected chi connectivity index (χ2v) is 8.49. The molecule has 1 amide bonds. The Labute approximate surface area is 160 Å². The zero-order valence-corrected chi connectivity index (χ0v) is 16.4. The molecule has 0 unspecified atom stereocenters. The number of hydrogen-bond donors (Lipinski definition) is 0. The summed E-state index contributed by atoms with van der Waals surface area (Å²) < 4.78 is 5.41. The van der Waals surface area contributed by atoms with Gasteiger partial charge in [0, 0.05) is 57.1 Å². The van der Waals surface area contributed by atoms with Crippen LogP contribution in [0.25, 0.3) is 0 Å². The quantitative estimate of drug-likeness (QED) is 0.804. The molecule has 6 nitrogen and oxygen atoms in total. The predicted octanol–water partition coefficient (Wildman–Crippen LogP) is 2.20. The first-order valence-electron chi connectivity index (χ1n) is 10.1. The topological polar surface area (TPSA) is 48.9 Å². The molecule has 1 aromatic heterocycles. The molecule has 3 aliphatic rings. The highest BCUT2D eigenvalue weighted by molar-refractivity contribution is 7.13. The van der Waals surface area contributed by atoms with E-state index >= 15 is 0 Å². The van der Waals surface area contributed by atoms with Crippen molar-refractivity contribution in [2.75, 3.05) is 57.4 Å². The van der Waals surface area contributed by atoms with Gasteiger partial charge in [-0.1, -0.05) is 19.3 Å². The van der Waals surface area contributed by atoms with E-state index in [0.717, 1.165) is 82.7 Å². The van der Waals surface area contributed by atoms with Gasteiger partial charge in [-0.15, -0.1) is 11.3 Å². The predicted molar refractivity (Wildman–Crippen MR) is 104 cm³/mol. The fraction of sp³-hybridized carbons (Fsp3) is 0.789. The zero-order valence-electron chi connectivity index (χ0n) is 15.6. The van der Waals surface area contributed by atoms with Gasteiger partial charge >= 0.3 is 0 Å². The molecule has 26 heavy (non-hydrogen) atoms. The first-order chi connectivity index (χ1) is 12.8. The summed E-state index contributed by atoms with van der Waals surface area (Å²) in [6, 6.07) is 0. The molecule has 144 valence electrons. The molecule has 1 aromatic rings. The maximum Gasteiger partial charge on any atom is 0.225 e. The van der Waals surface area contributed by atoms with E-state index in [9.17, 15) is 4.79 Å². The number of anilines is 1. The fourth-order valence-electron chi connectivity index (χ4n) is 4.23. The Morgan fingerprint density at radius 3 is 2.54 bits per heavy atom. The SMILES string of the molecule is O=C(C1CCCCC1)N1CCN(c2nc(CN3CCOCC3)cs2)CC1. The summed E-state index contributed by atoms with van der Waals surface area (Å²) in [4.78, 5) is 24.4. The molecule has 0 spiro atoms. The minimum atomic E-state index is 0.287. The van der Waals surface area contributed by atoms with Gasteiger partial charge in [-0.05, 0) is 12.8 Å². The highest BCUT2D eigenvalue weighted by Crippen LogP contribution is 2.27. The van der Waals surface area contributed by atoms with Gasteiger partial charge in [-0.2, -0.15) is 0 Å². The number of morpholine rings is 1. The van der Waals surface area contributed by atoms with Crippen molar-refractivity contribution in [2.24, 2.45) is 5.92 Å². The smallest absolute Gasteiger partial charge is 0.225 e. The fourth-order valence-corrected chi connectivity index (χ4v) is 5.10. The van der Waals surface area contributed by atoms with Crippen LogP contribution in [0, 0.1) is 5.92 Å². The van der Waals surface area contributed by atoms with Crippen LogP contribution in [0.5, 0.6) is 0 Å². The third-order valence-corrected chi connectivity index (χ3v) is 6.80. The van der Waals surface area contributed by atoms with Crippen molar-refractivity contribution in [3.63, 3.8) is 0 Å². The summed E-state index contributed by atoms with van der Waals surface area (Å²) >= 11 is 1.74. The number of piperazine rings is 1. The van der Waals surface area contributed by atoms with E-state index in [0.29, 0.717) is 5.91 Å². The molecule has 0 aromatic carbocycles. The molecule has 1 saturated carbocycles. The first kappa shape index (κ1) is 18.2. The van der Waals surface area contributed by atoms with Crippen molar-refractivity contribution in [2.45, 2.75) is 38.6 Å². The number of hydrogen-bond acceptors (Lipinski definition) is 6.